The monoisotopic (exact) mass is 339 g/mol. The van der Waals surface area contributed by atoms with E-state index in [1.54, 1.807) is 6.92 Å². The van der Waals surface area contributed by atoms with Gasteiger partial charge in [0.05, 0.1) is 18.6 Å². The number of alkyl halides is 3. The Bertz CT molecular complexity index is 463. The summed E-state index contributed by atoms with van der Waals surface area (Å²) < 4.78 is 42.9. The number of carbonyl (C=O) groups is 1. The summed E-state index contributed by atoms with van der Waals surface area (Å²) in [6, 6.07) is 2.30. The van der Waals surface area contributed by atoms with Crippen molar-refractivity contribution >= 4 is 21.9 Å². The van der Waals surface area contributed by atoms with E-state index < -0.39 is 23.8 Å². The molecular weight excluding hydrogens is 327 g/mol. The van der Waals surface area contributed by atoms with Gasteiger partial charge in [0.1, 0.15) is 0 Å². The average molecular weight is 340 g/mol. The molecule has 1 rings (SSSR count). The number of nitrogens with two attached hydrogens (primary N) is 1. The zero-order valence-corrected chi connectivity index (χ0v) is 11.7. The molecule has 0 aromatic heterocycles. The van der Waals surface area contributed by atoms with E-state index in [9.17, 15) is 18.0 Å². The maximum atomic E-state index is 12.6. The van der Waals surface area contributed by atoms with Crippen LogP contribution in [0, 0.1) is 0 Å². The van der Waals surface area contributed by atoms with Crippen LogP contribution < -0.4 is 5.73 Å². The molecule has 1 aromatic carbocycles. The van der Waals surface area contributed by atoms with Gasteiger partial charge >= 0.3 is 12.1 Å². The number of hydrogen-bond acceptors (Lipinski definition) is 3. The van der Waals surface area contributed by atoms with Crippen molar-refractivity contribution < 1.29 is 22.7 Å². The second-order valence-corrected chi connectivity index (χ2v) is 4.70. The third-order valence-corrected chi connectivity index (χ3v) is 3.14. The van der Waals surface area contributed by atoms with E-state index in [1.807, 2.05) is 0 Å². The number of halogens is 4. The van der Waals surface area contributed by atoms with Gasteiger partial charge in [-0.25, -0.2) is 0 Å². The SMILES string of the molecule is CCOC(=O)C[C@@H](N)c1cc(C(F)(F)F)ccc1Br. The molecule has 0 amide bonds. The summed E-state index contributed by atoms with van der Waals surface area (Å²) in [6.07, 6.45) is -4.62. The first-order valence-corrected chi connectivity index (χ1v) is 6.32. The molecule has 1 atom stereocenters. The number of rotatable bonds is 4. The third kappa shape index (κ3) is 4.50. The largest absolute Gasteiger partial charge is 0.466 e. The Hall–Kier alpha value is -1.08. The van der Waals surface area contributed by atoms with E-state index in [-0.39, 0.29) is 18.6 Å². The minimum Gasteiger partial charge on any atom is -0.466 e. The van der Waals surface area contributed by atoms with Gasteiger partial charge in [-0.2, -0.15) is 13.2 Å². The highest BCUT2D eigenvalue weighted by atomic mass is 79.9. The maximum Gasteiger partial charge on any atom is 0.416 e. The van der Waals surface area contributed by atoms with Crippen LogP contribution in [0.25, 0.3) is 0 Å². The van der Waals surface area contributed by atoms with E-state index >= 15 is 0 Å². The van der Waals surface area contributed by atoms with Gasteiger partial charge in [-0.05, 0) is 30.7 Å². The first kappa shape index (κ1) is 16.0. The minimum atomic E-state index is -4.45. The van der Waals surface area contributed by atoms with Crippen LogP contribution in [-0.4, -0.2) is 12.6 Å². The fourth-order valence-electron chi connectivity index (χ4n) is 1.51. The normalized spacial score (nSPS) is 13.2. The number of carbonyl (C=O) groups excluding carboxylic acids is 1. The lowest BCUT2D eigenvalue weighted by Crippen LogP contribution is -2.18. The molecule has 19 heavy (non-hydrogen) atoms. The molecule has 0 aliphatic rings. The highest BCUT2D eigenvalue weighted by molar-refractivity contribution is 9.10. The molecule has 0 fully saturated rings. The van der Waals surface area contributed by atoms with E-state index in [1.165, 1.54) is 6.07 Å². The summed E-state index contributed by atoms with van der Waals surface area (Å²) in [4.78, 5) is 11.3. The van der Waals surface area contributed by atoms with Crippen molar-refractivity contribution in [1.29, 1.82) is 0 Å². The number of hydrogen-bond donors (Lipinski definition) is 1. The fraction of sp³-hybridized carbons (Fsp3) is 0.417. The Balaban J connectivity index is 2.96. The van der Waals surface area contributed by atoms with Crippen molar-refractivity contribution in [2.75, 3.05) is 6.61 Å². The topological polar surface area (TPSA) is 52.3 Å². The molecule has 0 bridgehead atoms. The summed E-state index contributed by atoms with van der Waals surface area (Å²) in [5, 5.41) is 0. The fourth-order valence-corrected chi connectivity index (χ4v) is 2.05. The van der Waals surface area contributed by atoms with Crippen LogP contribution in [0.4, 0.5) is 13.2 Å². The summed E-state index contributed by atoms with van der Waals surface area (Å²) in [6.45, 7) is 1.85. The summed E-state index contributed by atoms with van der Waals surface area (Å²) in [7, 11) is 0. The molecule has 0 heterocycles. The Morgan fingerprint density at radius 2 is 2.11 bits per heavy atom. The molecule has 2 N–H and O–H groups in total. The molecular formula is C12H13BrF3NO2. The Morgan fingerprint density at radius 1 is 1.47 bits per heavy atom. The van der Waals surface area contributed by atoms with Crippen molar-refractivity contribution in [2.45, 2.75) is 25.6 Å². The Labute approximate surface area is 117 Å². The van der Waals surface area contributed by atoms with Crippen molar-refractivity contribution in [1.82, 2.24) is 0 Å². The van der Waals surface area contributed by atoms with Crippen molar-refractivity contribution in [3.05, 3.63) is 33.8 Å². The molecule has 106 valence electrons. The third-order valence-electron chi connectivity index (χ3n) is 2.41. The van der Waals surface area contributed by atoms with Crippen molar-refractivity contribution in [2.24, 2.45) is 5.73 Å². The molecule has 0 aliphatic carbocycles. The van der Waals surface area contributed by atoms with Crippen LogP contribution in [0.2, 0.25) is 0 Å². The predicted molar refractivity (Wildman–Crippen MR) is 67.3 cm³/mol. The van der Waals surface area contributed by atoms with E-state index in [0.29, 0.717) is 4.47 Å². The van der Waals surface area contributed by atoms with E-state index in [2.05, 4.69) is 15.9 Å². The van der Waals surface area contributed by atoms with Crippen LogP contribution in [0.3, 0.4) is 0 Å². The number of ether oxygens (including phenoxy) is 1. The van der Waals surface area contributed by atoms with Gasteiger partial charge in [0, 0.05) is 10.5 Å². The lowest BCUT2D eigenvalue weighted by atomic mass is 10.0. The quantitative estimate of drug-likeness (QED) is 0.855. The zero-order chi connectivity index (χ0) is 14.6. The van der Waals surface area contributed by atoms with Crippen LogP contribution >= 0.6 is 15.9 Å². The maximum absolute atomic E-state index is 12.6. The van der Waals surface area contributed by atoms with Crippen molar-refractivity contribution in [3.63, 3.8) is 0 Å². The average Bonchev–Trinajstić information content (AvgIpc) is 2.27. The standard InChI is InChI=1S/C12H13BrF3NO2/c1-2-19-11(18)6-10(17)8-5-7(12(14,15)16)3-4-9(8)13/h3-5,10H,2,6,17H2,1H3/t10-/m1/s1. The second-order valence-electron chi connectivity index (χ2n) is 3.85. The molecule has 0 saturated carbocycles. The van der Waals surface area contributed by atoms with Gasteiger partial charge in [-0.3, -0.25) is 4.79 Å². The molecule has 1 aromatic rings. The van der Waals surface area contributed by atoms with Crippen LogP contribution in [-0.2, 0) is 15.7 Å². The molecule has 0 radical (unpaired) electrons. The Kier molecular flexibility index (Phi) is 5.37. The summed E-state index contributed by atoms with van der Waals surface area (Å²) in [5.74, 6) is -0.542. The second kappa shape index (κ2) is 6.38. The molecule has 0 saturated heterocycles. The number of benzene rings is 1. The highest BCUT2D eigenvalue weighted by Crippen LogP contribution is 2.34. The van der Waals surface area contributed by atoms with Crippen LogP contribution in [0.15, 0.2) is 22.7 Å². The van der Waals surface area contributed by atoms with Gasteiger partial charge in [-0.1, -0.05) is 15.9 Å². The Morgan fingerprint density at radius 3 is 2.63 bits per heavy atom. The van der Waals surface area contributed by atoms with Gasteiger partial charge in [-0.15, -0.1) is 0 Å². The lowest BCUT2D eigenvalue weighted by Gasteiger charge is -2.15. The van der Waals surface area contributed by atoms with Gasteiger partial charge in [0.15, 0.2) is 0 Å². The zero-order valence-electron chi connectivity index (χ0n) is 10.1. The van der Waals surface area contributed by atoms with Gasteiger partial charge in [0.25, 0.3) is 0 Å². The molecule has 3 nitrogen and oxygen atoms in total. The molecule has 7 heteroatoms. The van der Waals surface area contributed by atoms with Crippen LogP contribution in [0.1, 0.15) is 30.5 Å². The summed E-state index contributed by atoms with van der Waals surface area (Å²) >= 11 is 3.13. The van der Waals surface area contributed by atoms with E-state index in [4.69, 9.17) is 10.5 Å². The molecule has 0 unspecified atom stereocenters. The molecule has 0 spiro atoms. The summed E-state index contributed by atoms with van der Waals surface area (Å²) in [5.41, 5.74) is 5.16. The minimum absolute atomic E-state index is 0.173. The smallest absolute Gasteiger partial charge is 0.416 e. The van der Waals surface area contributed by atoms with E-state index in [0.717, 1.165) is 12.1 Å². The van der Waals surface area contributed by atoms with Gasteiger partial charge < -0.3 is 10.5 Å². The number of esters is 1. The first-order valence-electron chi connectivity index (χ1n) is 5.53. The predicted octanol–water partition coefficient (Wildman–Crippen LogP) is 3.42. The van der Waals surface area contributed by atoms with Crippen LogP contribution in [0.5, 0.6) is 0 Å². The first-order chi connectivity index (χ1) is 8.75. The molecule has 0 aliphatic heterocycles. The lowest BCUT2D eigenvalue weighted by molar-refractivity contribution is -0.143. The highest BCUT2D eigenvalue weighted by Gasteiger charge is 2.31. The van der Waals surface area contributed by atoms with Crippen molar-refractivity contribution in [3.8, 4) is 0 Å². The van der Waals surface area contributed by atoms with Gasteiger partial charge in [0.2, 0.25) is 0 Å².